The van der Waals surface area contributed by atoms with Crippen LogP contribution in [0.15, 0.2) is 97.2 Å². The Balaban J connectivity index is 1.76. The molecular weight excluding hydrogens is 404 g/mol. The Bertz CT molecular complexity index is 1690. The van der Waals surface area contributed by atoms with Crippen LogP contribution in [0, 0.1) is 0 Å². The highest BCUT2D eigenvalue weighted by atomic mass is 28.3. The van der Waals surface area contributed by atoms with E-state index in [0.717, 1.165) is 5.69 Å². The van der Waals surface area contributed by atoms with Gasteiger partial charge in [0.2, 0.25) is 0 Å². The molecule has 0 amide bonds. The average molecular weight is 427 g/mol. The molecule has 0 bridgehead atoms. The number of aromatic nitrogens is 2. The number of rotatable bonds is 1. The van der Waals surface area contributed by atoms with E-state index in [-0.39, 0.29) is 0 Å². The molecule has 0 saturated carbocycles. The van der Waals surface area contributed by atoms with Gasteiger partial charge in [0.15, 0.2) is 0 Å². The maximum absolute atomic E-state index is 5.01. The predicted octanol–water partition coefficient (Wildman–Crippen LogP) is 6.13. The van der Waals surface area contributed by atoms with Gasteiger partial charge in [-0.05, 0) is 45.4 Å². The van der Waals surface area contributed by atoms with Gasteiger partial charge in [0.1, 0.15) is 8.07 Å². The maximum Gasteiger partial charge on any atom is 0.114 e. The minimum absolute atomic E-state index is 1.12. The molecule has 0 saturated heterocycles. The van der Waals surface area contributed by atoms with Crippen LogP contribution in [-0.4, -0.2) is 17.6 Å². The SMILES string of the molecule is C[Si]1(C)c2c(ccc3ccccc23)-c2nccc3c2c2c1cccc2n3-c1ccccc1. The molecule has 3 heteroatoms. The number of benzene rings is 4. The maximum atomic E-state index is 5.01. The predicted molar refractivity (Wildman–Crippen MR) is 138 cm³/mol. The first-order valence-corrected chi connectivity index (χ1v) is 14.2. The van der Waals surface area contributed by atoms with Crippen molar-refractivity contribution in [1.82, 2.24) is 9.55 Å². The lowest BCUT2D eigenvalue weighted by Crippen LogP contribution is -2.53. The van der Waals surface area contributed by atoms with Crippen LogP contribution in [-0.2, 0) is 0 Å². The third kappa shape index (κ3) is 2.16. The van der Waals surface area contributed by atoms with Crippen molar-refractivity contribution in [2.45, 2.75) is 13.1 Å². The summed E-state index contributed by atoms with van der Waals surface area (Å²) < 4.78 is 2.41. The lowest BCUT2D eigenvalue weighted by atomic mass is 10.0. The molecule has 2 nitrogen and oxygen atoms in total. The van der Waals surface area contributed by atoms with Gasteiger partial charge in [-0.2, -0.15) is 0 Å². The second-order valence-electron chi connectivity index (χ2n) is 9.26. The zero-order valence-electron chi connectivity index (χ0n) is 18.1. The van der Waals surface area contributed by atoms with Gasteiger partial charge in [-0.1, -0.05) is 79.8 Å². The van der Waals surface area contributed by atoms with Gasteiger partial charge in [0.25, 0.3) is 0 Å². The van der Waals surface area contributed by atoms with Gasteiger partial charge in [-0.15, -0.1) is 0 Å². The highest BCUT2D eigenvalue weighted by Gasteiger charge is 2.37. The summed E-state index contributed by atoms with van der Waals surface area (Å²) in [6.45, 7) is 5.01. The van der Waals surface area contributed by atoms with E-state index in [0.29, 0.717) is 0 Å². The molecule has 2 aromatic heterocycles. The molecule has 4 aromatic carbocycles. The first-order chi connectivity index (χ1) is 15.7. The number of hydrogen-bond donors (Lipinski definition) is 0. The van der Waals surface area contributed by atoms with Crippen molar-refractivity contribution in [3.8, 4) is 16.9 Å². The Kier molecular flexibility index (Phi) is 3.46. The molecule has 7 rings (SSSR count). The Labute approximate surface area is 187 Å². The summed E-state index contributed by atoms with van der Waals surface area (Å²) >= 11 is 0. The van der Waals surface area contributed by atoms with E-state index in [9.17, 15) is 0 Å². The highest BCUT2D eigenvalue weighted by molar-refractivity contribution is 7.04. The normalized spacial score (nSPS) is 14.2. The van der Waals surface area contributed by atoms with Gasteiger partial charge in [0, 0.05) is 28.2 Å². The first kappa shape index (κ1) is 17.9. The molecule has 6 aromatic rings. The Morgan fingerprint density at radius 2 is 1.47 bits per heavy atom. The number of hydrogen-bond acceptors (Lipinski definition) is 1. The fourth-order valence-corrected chi connectivity index (χ4v) is 9.30. The quantitative estimate of drug-likeness (QED) is 0.289. The Hall–Kier alpha value is -3.69. The summed E-state index contributed by atoms with van der Waals surface area (Å²) in [6, 6.07) is 33.2. The van der Waals surface area contributed by atoms with Gasteiger partial charge in [-0.3, -0.25) is 4.98 Å². The first-order valence-electron chi connectivity index (χ1n) is 11.2. The third-order valence-electron chi connectivity index (χ3n) is 7.20. The molecular formula is C29H22N2Si. The van der Waals surface area contributed by atoms with E-state index in [1.807, 2.05) is 6.20 Å². The van der Waals surface area contributed by atoms with Crippen LogP contribution in [0.1, 0.15) is 0 Å². The topological polar surface area (TPSA) is 17.8 Å². The van der Waals surface area contributed by atoms with E-state index >= 15 is 0 Å². The molecule has 0 radical (unpaired) electrons. The van der Waals surface area contributed by atoms with Crippen molar-refractivity contribution in [3.63, 3.8) is 0 Å². The highest BCUT2D eigenvalue weighted by Crippen LogP contribution is 2.40. The van der Waals surface area contributed by atoms with Crippen molar-refractivity contribution in [2.75, 3.05) is 0 Å². The fraction of sp³-hybridized carbons (Fsp3) is 0.0690. The van der Waals surface area contributed by atoms with Gasteiger partial charge in [-0.25, -0.2) is 0 Å². The number of fused-ring (bicyclic) bond motifs is 4. The van der Waals surface area contributed by atoms with Crippen molar-refractivity contribution in [2.24, 2.45) is 0 Å². The van der Waals surface area contributed by atoms with E-state index in [2.05, 4.69) is 109 Å². The molecule has 0 fully saturated rings. The van der Waals surface area contributed by atoms with Gasteiger partial charge in [0.05, 0.1) is 16.7 Å². The van der Waals surface area contributed by atoms with E-state index in [4.69, 9.17) is 4.98 Å². The van der Waals surface area contributed by atoms with Crippen molar-refractivity contribution < 1.29 is 0 Å². The van der Waals surface area contributed by atoms with E-state index < -0.39 is 8.07 Å². The minimum atomic E-state index is -2.04. The van der Waals surface area contributed by atoms with Crippen LogP contribution in [0.3, 0.4) is 0 Å². The number of nitrogens with zero attached hydrogens (tertiary/aromatic N) is 2. The third-order valence-corrected chi connectivity index (χ3v) is 10.8. The minimum Gasteiger partial charge on any atom is -0.309 e. The molecule has 0 N–H and O–H groups in total. The lowest BCUT2D eigenvalue weighted by molar-refractivity contribution is 1.17. The molecule has 152 valence electrons. The second kappa shape index (κ2) is 6.18. The molecule has 0 aliphatic carbocycles. The number of para-hydroxylation sites is 1. The monoisotopic (exact) mass is 426 g/mol. The average Bonchev–Trinajstić information content (AvgIpc) is 3.14. The Morgan fingerprint density at radius 3 is 2.34 bits per heavy atom. The summed E-state index contributed by atoms with van der Waals surface area (Å²) in [7, 11) is -2.04. The largest absolute Gasteiger partial charge is 0.309 e. The van der Waals surface area contributed by atoms with Gasteiger partial charge < -0.3 is 4.57 Å². The molecule has 32 heavy (non-hydrogen) atoms. The van der Waals surface area contributed by atoms with Crippen LogP contribution in [0.5, 0.6) is 0 Å². The second-order valence-corrected chi connectivity index (χ2v) is 13.5. The van der Waals surface area contributed by atoms with Gasteiger partial charge >= 0.3 is 0 Å². The number of pyridine rings is 1. The molecule has 3 heterocycles. The van der Waals surface area contributed by atoms with E-state index in [1.54, 1.807) is 0 Å². The fourth-order valence-electron chi connectivity index (χ4n) is 5.86. The van der Waals surface area contributed by atoms with Crippen LogP contribution in [0.2, 0.25) is 13.1 Å². The van der Waals surface area contributed by atoms with Crippen LogP contribution in [0.25, 0.3) is 49.5 Å². The van der Waals surface area contributed by atoms with Crippen LogP contribution in [0.4, 0.5) is 0 Å². The lowest BCUT2D eigenvalue weighted by Gasteiger charge is -2.27. The molecule has 0 atom stereocenters. The summed E-state index contributed by atoms with van der Waals surface area (Å²) in [5.74, 6) is 0. The van der Waals surface area contributed by atoms with Crippen molar-refractivity contribution in [1.29, 1.82) is 0 Å². The van der Waals surface area contributed by atoms with E-state index in [1.165, 1.54) is 54.2 Å². The summed E-state index contributed by atoms with van der Waals surface area (Å²) in [5, 5.41) is 8.36. The standard InChI is InChI=1S/C29H22N2Si/c1-32(2)25-14-8-13-23-26(25)27-24(31(23)20-10-4-3-5-11-20)17-18-30-28(27)22-16-15-19-9-6-7-12-21(19)29(22)32/h3-18H,1-2H3. The zero-order chi connectivity index (χ0) is 21.4. The smallest absolute Gasteiger partial charge is 0.114 e. The van der Waals surface area contributed by atoms with Crippen molar-refractivity contribution >= 4 is 51.0 Å². The van der Waals surface area contributed by atoms with Crippen LogP contribution >= 0.6 is 0 Å². The van der Waals surface area contributed by atoms with Crippen LogP contribution < -0.4 is 10.4 Å². The molecule has 0 spiro atoms. The summed E-state index contributed by atoms with van der Waals surface area (Å²) in [6.07, 6.45) is 1.98. The molecule has 1 aliphatic heterocycles. The summed E-state index contributed by atoms with van der Waals surface area (Å²) in [5.41, 5.74) is 6.12. The Morgan fingerprint density at radius 1 is 0.688 bits per heavy atom. The van der Waals surface area contributed by atoms with Crippen molar-refractivity contribution in [3.05, 3.63) is 97.2 Å². The molecule has 0 unspecified atom stereocenters. The molecule has 1 aliphatic rings. The summed E-state index contributed by atoms with van der Waals surface area (Å²) in [4.78, 5) is 5.01. The zero-order valence-corrected chi connectivity index (χ0v) is 19.1.